The molecule has 0 aliphatic carbocycles. The molecule has 0 aromatic heterocycles. The van der Waals surface area contributed by atoms with Crippen molar-refractivity contribution in [3.05, 3.63) is 29.8 Å². The van der Waals surface area contributed by atoms with Gasteiger partial charge in [0.15, 0.2) is 6.61 Å². The number of amides is 1. The first-order valence-corrected chi connectivity index (χ1v) is 11.2. The molecule has 2 atom stereocenters. The number of hydrogen-bond acceptors (Lipinski definition) is 5. The first kappa shape index (κ1) is 22.4. The van der Waals surface area contributed by atoms with Crippen LogP contribution in [0.4, 0.5) is 0 Å². The number of benzene rings is 1. The van der Waals surface area contributed by atoms with Crippen molar-refractivity contribution in [2.45, 2.75) is 39.0 Å². The zero-order chi connectivity index (χ0) is 20.9. The van der Waals surface area contributed by atoms with Crippen molar-refractivity contribution in [2.24, 2.45) is 11.8 Å². The number of esters is 1. The van der Waals surface area contributed by atoms with Crippen LogP contribution in [0.1, 0.15) is 44.5 Å². The van der Waals surface area contributed by atoms with Crippen LogP contribution in [0.25, 0.3) is 0 Å². The zero-order valence-electron chi connectivity index (χ0n) is 17.1. The molecule has 1 aliphatic rings. The van der Waals surface area contributed by atoms with Gasteiger partial charge in [0, 0.05) is 26.2 Å². The topological polar surface area (TPSA) is 84.0 Å². The summed E-state index contributed by atoms with van der Waals surface area (Å²) in [6, 6.07) is 5.74. The van der Waals surface area contributed by atoms with Gasteiger partial charge in [-0.1, -0.05) is 33.8 Å². The first-order chi connectivity index (χ1) is 13.2. The number of nitrogens with zero attached hydrogens (tertiary/aromatic N) is 2. The van der Waals surface area contributed by atoms with Gasteiger partial charge in [-0.05, 0) is 36.5 Å². The van der Waals surface area contributed by atoms with Gasteiger partial charge in [0.2, 0.25) is 10.0 Å². The maximum atomic E-state index is 12.6. The maximum absolute atomic E-state index is 12.6. The molecule has 0 N–H and O–H groups in total. The lowest BCUT2D eigenvalue weighted by Gasteiger charge is -2.34. The Hall–Kier alpha value is -1.93. The molecule has 1 aromatic rings. The van der Waals surface area contributed by atoms with Crippen molar-refractivity contribution in [3.63, 3.8) is 0 Å². The van der Waals surface area contributed by atoms with E-state index in [9.17, 15) is 18.0 Å². The zero-order valence-corrected chi connectivity index (χ0v) is 17.9. The van der Waals surface area contributed by atoms with E-state index in [4.69, 9.17) is 4.74 Å². The van der Waals surface area contributed by atoms with E-state index < -0.39 is 16.0 Å². The van der Waals surface area contributed by atoms with E-state index in [1.807, 2.05) is 0 Å². The molecule has 1 saturated heterocycles. The number of carbonyl (C=O) groups is 2. The number of carbonyl (C=O) groups excluding carboxylic acids is 2. The Labute approximate surface area is 167 Å². The van der Waals surface area contributed by atoms with Crippen LogP contribution in [0.2, 0.25) is 0 Å². The third-order valence-corrected chi connectivity index (χ3v) is 7.01. The van der Waals surface area contributed by atoms with Crippen LogP contribution in [0.5, 0.6) is 0 Å². The molecular formula is C20H30N2O5S. The van der Waals surface area contributed by atoms with Crippen LogP contribution in [0.3, 0.4) is 0 Å². The van der Waals surface area contributed by atoms with E-state index >= 15 is 0 Å². The largest absolute Gasteiger partial charge is 0.452 e. The second kappa shape index (κ2) is 9.52. The Morgan fingerprint density at radius 2 is 1.75 bits per heavy atom. The molecule has 7 nitrogen and oxygen atoms in total. The summed E-state index contributed by atoms with van der Waals surface area (Å²) in [5.74, 6) is -0.0857. The van der Waals surface area contributed by atoms with Crippen molar-refractivity contribution in [2.75, 3.05) is 32.8 Å². The molecule has 1 heterocycles. The van der Waals surface area contributed by atoms with Gasteiger partial charge in [-0.3, -0.25) is 4.79 Å². The first-order valence-electron chi connectivity index (χ1n) is 9.74. The molecule has 28 heavy (non-hydrogen) atoms. The fourth-order valence-electron chi connectivity index (χ4n) is 3.66. The summed E-state index contributed by atoms with van der Waals surface area (Å²) in [4.78, 5) is 26.5. The van der Waals surface area contributed by atoms with Gasteiger partial charge in [-0.15, -0.1) is 0 Å². The number of sulfonamides is 1. The van der Waals surface area contributed by atoms with Crippen LogP contribution < -0.4 is 0 Å². The molecule has 1 aliphatic heterocycles. The lowest BCUT2D eigenvalue weighted by atomic mass is 9.92. The predicted octanol–water partition coefficient (Wildman–Crippen LogP) is 2.38. The van der Waals surface area contributed by atoms with Gasteiger partial charge < -0.3 is 9.64 Å². The number of rotatable bonds is 7. The standard InChI is InChI=1S/C20H30N2O5S/c1-5-22(6-2)28(25,26)18-9-7-8-17(11-18)20(24)27-14-19(23)21-12-15(3)10-16(4)13-21/h7-9,11,15-16H,5-6,10,12-14H2,1-4H3. The minimum atomic E-state index is -3.67. The molecule has 0 radical (unpaired) electrons. The summed E-state index contributed by atoms with van der Waals surface area (Å²) in [6.45, 7) is 9.39. The summed E-state index contributed by atoms with van der Waals surface area (Å²) >= 11 is 0. The third kappa shape index (κ3) is 5.32. The van der Waals surface area contributed by atoms with Crippen molar-refractivity contribution in [1.29, 1.82) is 0 Å². The summed E-state index contributed by atoms with van der Waals surface area (Å²) in [7, 11) is -3.67. The number of hydrogen-bond donors (Lipinski definition) is 0. The van der Waals surface area contributed by atoms with E-state index in [1.54, 1.807) is 18.7 Å². The lowest BCUT2D eigenvalue weighted by molar-refractivity contribution is -0.137. The van der Waals surface area contributed by atoms with Gasteiger partial charge in [-0.25, -0.2) is 13.2 Å². The molecule has 0 spiro atoms. The Kier molecular flexibility index (Phi) is 7.60. The highest BCUT2D eigenvalue weighted by Crippen LogP contribution is 2.21. The van der Waals surface area contributed by atoms with Crippen molar-refractivity contribution >= 4 is 21.9 Å². The molecule has 156 valence electrons. The summed E-state index contributed by atoms with van der Waals surface area (Å²) in [5, 5.41) is 0. The number of likely N-dealkylation sites (tertiary alicyclic amines) is 1. The maximum Gasteiger partial charge on any atom is 0.338 e. The van der Waals surface area contributed by atoms with E-state index in [0.29, 0.717) is 38.0 Å². The van der Waals surface area contributed by atoms with Crippen molar-refractivity contribution in [3.8, 4) is 0 Å². The molecule has 1 aromatic carbocycles. The minimum absolute atomic E-state index is 0.0376. The highest BCUT2D eigenvalue weighted by Gasteiger charge is 2.26. The Balaban J connectivity index is 2.04. The van der Waals surface area contributed by atoms with Gasteiger partial charge in [0.1, 0.15) is 0 Å². The van der Waals surface area contributed by atoms with Crippen LogP contribution in [-0.2, 0) is 19.6 Å². The monoisotopic (exact) mass is 410 g/mol. The molecular weight excluding hydrogens is 380 g/mol. The molecule has 8 heteroatoms. The van der Waals surface area contributed by atoms with Gasteiger partial charge in [-0.2, -0.15) is 4.31 Å². The molecule has 2 rings (SSSR count). The highest BCUT2D eigenvalue weighted by atomic mass is 32.2. The molecule has 0 saturated carbocycles. The van der Waals surface area contributed by atoms with Crippen LogP contribution in [0, 0.1) is 11.8 Å². The Morgan fingerprint density at radius 1 is 1.14 bits per heavy atom. The van der Waals surface area contributed by atoms with Crippen molar-refractivity contribution < 1.29 is 22.7 Å². The van der Waals surface area contributed by atoms with Crippen LogP contribution in [0.15, 0.2) is 29.2 Å². The molecule has 2 unspecified atom stereocenters. The Bertz CT molecular complexity index is 795. The van der Waals surface area contributed by atoms with E-state index in [2.05, 4.69) is 13.8 Å². The van der Waals surface area contributed by atoms with E-state index in [0.717, 1.165) is 6.42 Å². The van der Waals surface area contributed by atoms with Gasteiger partial charge in [0.05, 0.1) is 10.5 Å². The third-order valence-electron chi connectivity index (χ3n) is 4.96. The van der Waals surface area contributed by atoms with Crippen LogP contribution >= 0.6 is 0 Å². The summed E-state index contributed by atoms with van der Waals surface area (Å²) < 4.78 is 31.7. The lowest BCUT2D eigenvalue weighted by Crippen LogP contribution is -2.44. The fourth-order valence-corrected chi connectivity index (χ4v) is 5.17. The highest BCUT2D eigenvalue weighted by molar-refractivity contribution is 7.89. The van der Waals surface area contributed by atoms with E-state index in [1.165, 1.54) is 28.6 Å². The second-order valence-electron chi connectivity index (χ2n) is 7.44. The Morgan fingerprint density at radius 3 is 2.32 bits per heavy atom. The van der Waals surface area contributed by atoms with E-state index in [-0.39, 0.29) is 23.0 Å². The molecule has 1 fully saturated rings. The second-order valence-corrected chi connectivity index (χ2v) is 9.38. The fraction of sp³-hybridized carbons (Fsp3) is 0.600. The van der Waals surface area contributed by atoms with Crippen molar-refractivity contribution in [1.82, 2.24) is 9.21 Å². The van der Waals surface area contributed by atoms with Gasteiger partial charge >= 0.3 is 5.97 Å². The normalized spacial score (nSPS) is 20.2. The quantitative estimate of drug-likeness (QED) is 0.645. The van der Waals surface area contributed by atoms with Crippen LogP contribution in [-0.4, -0.2) is 62.3 Å². The smallest absolute Gasteiger partial charge is 0.338 e. The SMILES string of the molecule is CCN(CC)S(=O)(=O)c1cccc(C(=O)OCC(=O)N2CC(C)CC(C)C2)c1. The number of piperidine rings is 1. The minimum Gasteiger partial charge on any atom is -0.452 e. The predicted molar refractivity (Wildman–Crippen MR) is 106 cm³/mol. The number of ether oxygens (including phenoxy) is 1. The average molecular weight is 411 g/mol. The summed E-state index contributed by atoms with van der Waals surface area (Å²) in [6.07, 6.45) is 1.08. The molecule has 0 bridgehead atoms. The summed E-state index contributed by atoms with van der Waals surface area (Å²) in [5.41, 5.74) is 0.112. The average Bonchev–Trinajstić information content (AvgIpc) is 2.66. The van der Waals surface area contributed by atoms with Gasteiger partial charge in [0.25, 0.3) is 5.91 Å². The molecule has 1 amide bonds.